The summed E-state index contributed by atoms with van der Waals surface area (Å²) in [5, 5.41) is 0. The van der Waals surface area contributed by atoms with E-state index in [2.05, 4.69) is 13.5 Å². The minimum absolute atomic E-state index is 0.167. The van der Waals surface area contributed by atoms with Crippen molar-refractivity contribution in [1.29, 1.82) is 0 Å². The molecule has 3 nitrogen and oxygen atoms in total. The number of carbonyl (C=O) groups is 2. The molecule has 0 heterocycles. The maximum Gasteiger partial charge on any atom is 0.312 e. The molecule has 116 valence electrons. The zero-order chi connectivity index (χ0) is 15.4. The van der Waals surface area contributed by atoms with Gasteiger partial charge >= 0.3 is 5.97 Å². The van der Waals surface area contributed by atoms with E-state index in [-0.39, 0.29) is 18.2 Å². The number of rotatable bonds is 12. The molecule has 0 aliphatic rings. The van der Waals surface area contributed by atoms with Crippen LogP contribution in [-0.4, -0.2) is 18.4 Å². The Hall–Kier alpha value is -1.12. The highest BCUT2D eigenvalue weighted by molar-refractivity contribution is 5.86. The summed E-state index contributed by atoms with van der Waals surface area (Å²) in [7, 11) is 0. The van der Waals surface area contributed by atoms with Gasteiger partial charge in [0.1, 0.15) is 5.78 Å². The summed E-state index contributed by atoms with van der Waals surface area (Å²) in [4.78, 5) is 24.1. The summed E-state index contributed by atoms with van der Waals surface area (Å²) in [6, 6.07) is 0. The smallest absolute Gasteiger partial charge is 0.312 e. The second-order valence-electron chi connectivity index (χ2n) is 5.63. The Kier molecular flexibility index (Phi) is 10.0. The maximum atomic E-state index is 12.1. The lowest BCUT2D eigenvalue weighted by atomic mass is 9.80. The van der Waals surface area contributed by atoms with Crippen LogP contribution in [0.25, 0.3) is 0 Å². The van der Waals surface area contributed by atoms with Crippen LogP contribution in [0.4, 0.5) is 0 Å². The molecule has 0 radical (unpaired) electrons. The van der Waals surface area contributed by atoms with Gasteiger partial charge in [-0.3, -0.25) is 9.59 Å². The van der Waals surface area contributed by atoms with E-state index in [1.165, 1.54) is 6.42 Å². The van der Waals surface area contributed by atoms with E-state index in [0.717, 1.165) is 25.7 Å². The lowest BCUT2D eigenvalue weighted by molar-refractivity contribution is -0.157. The van der Waals surface area contributed by atoms with Gasteiger partial charge in [-0.2, -0.15) is 0 Å². The molecule has 0 spiro atoms. The second kappa shape index (κ2) is 10.6. The van der Waals surface area contributed by atoms with Crippen LogP contribution in [0.15, 0.2) is 12.7 Å². The van der Waals surface area contributed by atoms with Crippen molar-refractivity contribution in [3.8, 4) is 0 Å². The molecule has 0 fully saturated rings. The Bertz CT molecular complexity index is 309. The summed E-state index contributed by atoms with van der Waals surface area (Å²) < 4.78 is 5.12. The number of ether oxygens (including phenoxy) is 1. The van der Waals surface area contributed by atoms with E-state index in [9.17, 15) is 9.59 Å². The Morgan fingerprint density at radius 2 is 1.90 bits per heavy atom. The molecule has 0 rings (SSSR count). The molecule has 20 heavy (non-hydrogen) atoms. The van der Waals surface area contributed by atoms with Gasteiger partial charge in [-0.15, -0.1) is 6.58 Å². The van der Waals surface area contributed by atoms with Crippen LogP contribution in [-0.2, 0) is 14.3 Å². The highest BCUT2D eigenvalue weighted by atomic mass is 16.5. The van der Waals surface area contributed by atoms with Crippen molar-refractivity contribution in [3.05, 3.63) is 12.7 Å². The van der Waals surface area contributed by atoms with Crippen LogP contribution in [0.1, 0.15) is 72.1 Å². The van der Waals surface area contributed by atoms with Gasteiger partial charge in [0.05, 0.1) is 12.0 Å². The minimum Gasteiger partial charge on any atom is -0.466 e. The fourth-order valence-corrected chi connectivity index (χ4v) is 2.26. The van der Waals surface area contributed by atoms with Crippen molar-refractivity contribution in [2.24, 2.45) is 5.41 Å². The van der Waals surface area contributed by atoms with Gasteiger partial charge in [-0.05, 0) is 33.1 Å². The van der Waals surface area contributed by atoms with E-state index < -0.39 is 5.41 Å². The number of unbranched alkanes of at least 4 members (excludes halogenated alkanes) is 3. The van der Waals surface area contributed by atoms with Gasteiger partial charge in [0.15, 0.2) is 0 Å². The Morgan fingerprint density at radius 1 is 1.20 bits per heavy atom. The molecule has 0 aliphatic heterocycles. The van der Waals surface area contributed by atoms with Gasteiger partial charge in [0.25, 0.3) is 0 Å². The van der Waals surface area contributed by atoms with Crippen LogP contribution in [0, 0.1) is 5.41 Å². The van der Waals surface area contributed by atoms with Crippen LogP contribution < -0.4 is 0 Å². The zero-order valence-corrected chi connectivity index (χ0v) is 13.4. The summed E-state index contributed by atoms with van der Waals surface area (Å²) in [6.07, 6.45) is 8.32. The van der Waals surface area contributed by atoms with Crippen molar-refractivity contribution in [2.45, 2.75) is 72.1 Å². The normalized spacial score (nSPS) is 13.6. The van der Waals surface area contributed by atoms with Crippen molar-refractivity contribution in [1.82, 2.24) is 0 Å². The van der Waals surface area contributed by atoms with Crippen molar-refractivity contribution < 1.29 is 14.3 Å². The highest BCUT2D eigenvalue weighted by Gasteiger charge is 2.35. The van der Waals surface area contributed by atoms with Crippen molar-refractivity contribution >= 4 is 11.8 Å². The van der Waals surface area contributed by atoms with Crippen molar-refractivity contribution in [3.63, 3.8) is 0 Å². The van der Waals surface area contributed by atoms with Gasteiger partial charge < -0.3 is 4.74 Å². The van der Waals surface area contributed by atoms with E-state index in [4.69, 9.17) is 4.74 Å². The third kappa shape index (κ3) is 7.46. The number of hydrogen-bond acceptors (Lipinski definition) is 3. The van der Waals surface area contributed by atoms with Gasteiger partial charge in [0.2, 0.25) is 0 Å². The molecule has 3 heteroatoms. The lowest BCUT2D eigenvalue weighted by Crippen LogP contribution is -2.32. The number of allylic oxidation sites excluding steroid dienone is 1. The van der Waals surface area contributed by atoms with Crippen LogP contribution >= 0.6 is 0 Å². The maximum absolute atomic E-state index is 12.1. The van der Waals surface area contributed by atoms with Crippen LogP contribution in [0.2, 0.25) is 0 Å². The van der Waals surface area contributed by atoms with Crippen LogP contribution in [0.3, 0.4) is 0 Å². The van der Waals surface area contributed by atoms with Gasteiger partial charge in [0, 0.05) is 12.8 Å². The van der Waals surface area contributed by atoms with E-state index >= 15 is 0 Å². The third-order valence-corrected chi connectivity index (χ3v) is 3.56. The molecule has 0 aromatic heterocycles. The number of esters is 1. The average molecular weight is 282 g/mol. The lowest BCUT2D eigenvalue weighted by Gasteiger charge is -2.26. The van der Waals surface area contributed by atoms with E-state index in [0.29, 0.717) is 19.4 Å². The molecule has 0 bridgehead atoms. The SMILES string of the molecule is C=CCCC(C)(CC(=O)CCCCCC)C(=O)OCC. The number of hydrogen-bond donors (Lipinski definition) is 0. The summed E-state index contributed by atoms with van der Waals surface area (Å²) in [6.45, 7) is 9.81. The molecule has 0 N–H and O–H groups in total. The Morgan fingerprint density at radius 3 is 2.45 bits per heavy atom. The molecule has 0 aromatic rings. The molecular weight excluding hydrogens is 252 g/mol. The van der Waals surface area contributed by atoms with Crippen LogP contribution in [0.5, 0.6) is 0 Å². The quantitative estimate of drug-likeness (QED) is 0.302. The third-order valence-electron chi connectivity index (χ3n) is 3.56. The van der Waals surface area contributed by atoms with E-state index in [1.807, 2.05) is 6.92 Å². The predicted octanol–water partition coefficient (Wildman–Crippen LogP) is 4.45. The molecule has 0 aliphatic carbocycles. The summed E-state index contributed by atoms with van der Waals surface area (Å²) in [5.41, 5.74) is -0.702. The average Bonchev–Trinajstić information content (AvgIpc) is 2.41. The highest BCUT2D eigenvalue weighted by Crippen LogP contribution is 2.31. The summed E-state index contributed by atoms with van der Waals surface area (Å²) in [5.74, 6) is -0.0931. The molecule has 0 amide bonds. The zero-order valence-electron chi connectivity index (χ0n) is 13.4. The molecule has 1 unspecified atom stereocenters. The first-order chi connectivity index (χ1) is 9.50. The number of carbonyl (C=O) groups excluding carboxylic acids is 2. The Labute approximate surface area is 123 Å². The first-order valence-electron chi connectivity index (χ1n) is 7.80. The first kappa shape index (κ1) is 18.9. The second-order valence-corrected chi connectivity index (χ2v) is 5.63. The molecule has 1 atom stereocenters. The fourth-order valence-electron chi connectivity index (χ4n) is 2.26. The van der Waals surface area contributed by atoms with E-state index in [1.54, 1.807) is 13.0 Å². The van der Waals surface area contributed by atoms with Gasteiger partial charge in [-0.25, -0.2) is 0 Å². The fraction of sp³-hybridized carbons (Fsp3) is 0.765. The summed E-state index contributed by atoms with van der Waals surface area (Å²) >= 11 is 0. The number of Topliss-reactive ketones (excluding diaryl/α,β-unsaturated/α-hetero) is 1. The monoisotopic (exact) mass is 282 g/mol. The van der Waals surface area contributed by atoms with Crippen molar-refractivity contribution in [2.75, 3.05) is 6.61 Å². The van der Waals surface area contributed by atoms with Gasteiger partial charge in [-0.1, -0.05) is 32.3 Å². The Balaban J connectivity index is 4.43. The topological polar surface area (TPSA) is 43.4 Å². The molecule has 0 saturated heterocycles. The minimum atomic E-state index is -0.702. The molecular formula is C17H30O3. The predicted molar refractivity (Wildman–Crippen MR) is 82.6 cm³/mol. The standard InChI is InChI=1S/C17H30O3/c1-5-8-10-11-12-15(18)14-17(4,13-9-6-2)16(19)20-7-3/h6H,2,5,7-14H2,1,3-4H3. The molecule has 0 aromatic carbocycles. The largest absolute Gasteiger partial charge is 0.466 e. The number of ketones is 1. The molecule has 0 saturated carbocycles. The first-order valence-corrected chi connectivity index (χ1v) is 7.80.